The summed E-state index contributed by atoms with van der Waals surface area (Å²) in [6, 6.07) is 8.79. The van der Waals surface area contributed by atoms with Gasteiger partial charge in [-0.1, -0.05) is 6.07 Å². The van der Waals surface area contributed by atoms with Crippen LogP contribution in [-0.2, 0) is 0 Å². The third-order valence-electron chi connectivity index (χ3n) is 5.58. The Bertz CT molecular complexity index is 1040. The number of H-pyrrole nitrogens is 1. The predicted molar refractivity (Wildman–Crippen MR) is 115 cm³/mol. The summed E-state index contributed by atoms with van der Waals surface area (Å²) in [5, 5.41) is 29.2. The number of piperidine rings is 1. The molecule has 3 aromatic rings. The maximum absolute atomic E-state index is 13.1. The molecule has 0 spiro atoms. The average molecular weight is 406 g/mol. The van der Waals surface area contributed by atoms with Crippen molar-refractivity contribution in [3.63, 3.8) is 0 Å². The minimum absolute atomic E-state index is 0.0243. The first kappa shape index (κ1) is 20.2. The number of phenols is 1. The molecule has 1 aromatic carbocycles. The van der Waals surface area contributed by atoms with Gasteiger partial charge in [0.1, 0.15) is 11.4 Å². The lowest BCUT2D eigenvalue weighted by Gasteiger charge is -2.45. The van der Waals surface area contributed by atoms with Crippen LogP contribution in [0.25, 0.3) is 22.4 Å². The minimum atomic E-state index is -0.113. The van der Waals surface area contributed by atoms with Gasteiger partial charge in [-0.2, -0.15) is 5.10 Å². The highest BCUT2D eigenvalue weighted by molar-refractivity contribution is 5.96. The molecule has 1 saturated heterocycles. The van der Waals surface area contributed by atoms with Gasteiger partial charge in [0, 0.05) is 34.3 Å². The molecule has 0 aliphatic carbocycles. The standard InChI is InChI=1S/C23H27N5O2/c1-22(2)10-15(11-23(3,4)28-22)21(30)19-8-7-18(26-27-19)17-6-5-14(9-20(17)29)16-12-24-25-13-16/h5-9,12-13,15,28-29H,10-11H2,1-4H3,(H,24,25). The molecule has 1 fully saturated rings. The maximum atomic E-state index is 13.1. The van der Waals surface area contributed by atoms with E-state index in [-0.39, 0.29) is 28.5 Å². The van der Waals surface area contributed by atoms with Crippen LogP contribution in [0.15, 0.2) is 42.7 Å². The quantitative estimate of drug-likeness (QED) is 0.567. The first-order chi connectivity index (χ1) is 14.1. The number of aromatic hydroxyl groups is 1. The number of ketones is 1. The van der Waals surface area contributed by atoms with Crippen molar-refractivity contribution >= 4 is 5.78 Å². The lowest BCUT2D eigenvalue weighted by molar-refractivity contribution is 0.0729. The summed E-state index contributed by atoms with van der Waals surface area (Å²) in [7, 11) is 0. The summed E-state index contributed by atoms with van der Waals surface area (Å²) < 4.78 is 0. The fourth-order valence-electron chi connectivity index (χ4n) is 4.66. The van der Waals surface area contributed by atoms with Gasteiger partial charge < -0.3 is 10.4 Å². The van der Waals surface area contributed by atoms with Gasteiger partial charge in [0.2, 0.25) is 0 Å². The number of hydrogen-bond acceptors (Lipinski definition) is 6. The Kier molecular flexibility index (Phi) is 4.94. The summed E-state index contributed by atoms with van der Waals surface area (Å²) in [4.78, 5) is 13.1. The highest BCUT2D eigenvalue weighted by atomic mass is 16.3. The second-order valence-corrected chi connectivity index (χ2v) is 9.38. The van der Waals surface area contributed by atoms with E-state index in [1.54, 1.807) is 36.7 Å². The van der Waals surface area contributed by atoms with E-state index in [9.17, 15) is 9.90 Å². The molecule has 0 bridgehead atoms. The van der Waals surface area contributed by atoms with E-state index in [1.165, 1.54) is 0 Å². The summed E-state index contributed by atoms with van der Waals surface area (Å²) >= 11 is 0. The van der Waals surface area contributed by atoms with Crippen molar-refractivity contribution < 1.29 is 9.90 Å². The first-order valence-corrected chi connectivity index (χ1v) is 10.1. The normalized spacial score (nSPS) is 18.3. The molecule has 7 nitrogen and oxygen atoms in total. The number of nitrogens with zero attached hydrogens (tertiary/aromatic N) is 3. The van der Waals surface area contributed by atoms with Gasteiger partial charge in [-0.15, -0.1) is 10.2 Å². The Hall–Kier alpha value is -3.06. The Morgan fingerprint density at radius 3 is 2.33 bits per heavy atom. The molecule has 7 heteroatoms. The Balaban J connectivity index is 1.55. The molecular formula is C23H27N5O2. The van der Waals surface area contributed by atoms with E-state index in [0.717, 1.165) is 24.0 Å². The highest BCUT2D eigenvalue weighted by Crippen LogP contribution is 2.35. The van der Waals surface area contributed by atoms with Crippen molar-refractivity contribution in [1.82, 2.24) is 25.7 Å². The van der Waals surface area contributed by atoms with Crippen molar-refractivity contribution in [3.8, 4) is 28.1 Å². The Labute approximate surface area is 175 Å². The minimum Gasteiger partial charge on any atom is -0.507 e. The fourth-order valence-corrected chi connectivity index (χ4v) is 4.66. The summed E-state index contributed by atoms with van der Waals surface area (Å²) in [6.45, 7) is 8.50. The zero-order chi connectivity index (χ0) is 21.5. The zero-order valence-corrected chi connectivity index (χ0v) is 17.7. The van der Waals surface area contributed by atoms with Gasteiger partial charge in [0.25, 0.3) is 0 Å². The summed E-state index contributed by atoms with van der Waals surface area (Å²) in [5.41, 5.74) is 2.96. The highest BCUT2D eigenvalue weighted by Gasteiger charge is 2.41. The van der Waals surface area contributed by atoms with Gasteiger partial charge in [0.15, 0.2) is 5.78 Å². The van der Waals surface area contributed by atoms with Gasteiger partial charge >= 0.3 is 0 Å². The number of nitrogens with one attached hydrogen (secondary N) is 2. The molecule has 0 saturated carbocycles. The van der Waals surface area contributed by atoms with E-state index >= 15 is 0 Å². The van der Waals surface area contributed by atoms with Crippen molar-refractivity contribution in [2.24, 2.45) is 5.92 Å². The number of aromatic amines is 1. The number of carbonyl (C=O) groups is 1. The SMILES string of the molecule is CC1(C)CC(C(=O)c2ccc(-c3ccc(-c4cn[nH]c4)cc3O)nn2)CC(C)(C)N1. The van der Waals surface area contributed by atoms with Crippen LogP contribution in [-0.4, -0.2) is 42.4 Å². The van der Waals surface area contributed by atoms with E-state index in [0.29, 0.717) is 17.0 Å². The second-order valence-electron chi connectivity index (χ2n) is 9.38. The number of hydrogen-bond donors (Lipinski definition) is 3. The zero-order valence-electron chi connectivity index (χ0n) is 17.7. The summed E-state index contributed by atoms with van der Waals surface area (Å²) in [5.74, 6) is 0.0270. The van der Waals surface area contributed by atoms with Crippen LogP contribution in [0.1, 0.15) is 51.0 Å². The Morgan fingerprint density at radius 1 is 1.03 bits per heavy atom. The number of carbonyl (C=O) groups excluding carboxylic acids is 1. The molecule has 0 amide bonds. The molecule has 0 atom stereocenters. The van der Waals surface area contributed by atoms with E-state index < -0.39 is 0 Å². The van der Waals surface area contributed by atoms with Gasteiger partial charge in [-0.05, 0) is 70.4 Å². The van der Waals surface area contributed by atoms with E-state index in [4.69, 9.17) is 0 Å². The number of rotatable bonds is 4. The number of Topliss-reactive ketones (excluding diaryl/α,β-unsaturated/α-hetero) is 1. The molecule has 3 N–H and O–H groups in total. The summed E-state index contributed by atoms with van der Waals surface area (Å²) in [6.07, 6.45) is 4.97. The molecule has 1 aliphatic rings. The second kappa shape index (κ2) is 7.32. The van der Waals surface area contributed by atoms with E-state index in [1.807, 2.05) is 6.07 Å². The predicted octanol–water partition coefficient (Wildman–Crippen LogP) is 3.98. The molecule has 4 rings (SSSR count). The van der Waals surface area contributed by atoms with Crippen LogP contribution in [0.3, 0.4) is 0 Å². The van der Waals surface area contributed by atoms with Gasteiger partial charge in [-0.25, -0.2) is 0 Å². The monoisotopic (exact) mass is 405 g/mol. The van der Waals surface area contributed by atoms with Crippen LogP contribution < -0.4 is 5.32 Å². The lowest BCUT2D eigenvalue weighted by atomic mass is 9.74. The lowest BCUT2D eigenvalue weighted by Crippen LogP contribution is -2.58. The molecule has 30 heavy (non-hydrogen) atoms. The van der Waals surface area contributed by atoms with Crippen molar-refractivity contribution in [3.05, 3.63) is 48.4 Å². The van der Waals surface area contributed by atoms with Crippen LogP contribution in [0, 0.1) is 5.92 Å². The fraction of sp³-hybridized carbons (Fsp3) is 0.391. The first-order valence-electron chi connectivity index (χ1n) is 10.1. The van der Waals surface area contributed by atoms with E-state index in [2.05, 4.69) is 53.4 Å². The third-order valence-corrected chi connectivity index (χ3v) is 5.58. The average Bonchev–Trinajstić information content (AvgIpc) is 3.20. The van der Waals surface area contributed by atoms with Gasteiger partial charge in [-0.3, -0.25) is 9.89 Å². The smallest absolute Gasteiger partial charge is 0.186 e. The van der Waals surface area contributed by atoms with Crippen LogP contribution in [0.5, 0.6) is 5.75 Å². The molecule has 0 unspecified atom stereocenters. The van der Waals surface area contributed by atoms with Crippen LogP contribution >= 0.6 is 0 Å². The number of benzene rings is 1. The topological polar surface area (TPSA) is 104 Å². The number of phenolic OH excluding ortho intramolecular Hbond substituents is 1. The molecule has 3 heterocycles. The maximum Gasteiger partial charge on any atom is 0.186 e. The molecule has 1 aliphatic heterocycles. The molecular weight excluding hydrogens is 378 g/mol. The molecule has 156 valence electrons. The van der Waals surface area contributed by atoms with Crippen molar-refractivity contribution in [2.45, 2.75) is 51.6 Å². The van der Waals surface area contributed by atoms with Crippen LogP contribution in [0.4, 0.5) is 0 Å². The van der Waals surface area contributed by atoms with Gasteiger partial charge in [0.05, 0.1) is 11.9 Å². The van der Waals surface area contributed by atoms with Crippen molar-refractivity contribution in [2.75, 3.05) is 0 Å². The number of aromatic nitrogens is 4. The largest absolute Gasteiger partial charge is 0.507 e. The van der Waals surface area contributed by atoms with Crippen molar-refractivity contribution in [1.29, 1.82) is 0 Å². The Morgan fingerprint density at radius 2 is 1.77 bits per heavy atom. The molecule has 2 aromatic heterocycles. The third kappa shape index (κ3) is 4.11. The van der Waals surface area contributed by atoms with Crippen LogP contribution in [0.2, 0.25) is 0 Å². The molecule has 0 radical (unpaired) electrons.